The summed E-state index contributed by atoms with van der Waals surface area (Å²) in [4.78, 5) is 15.6. The van der Waals surface area contributed by atoms with Crippen LogP contribution in [0.4, 0.5) is 0 Å². The molecule has 21 heavy (non-hydrogen) atoms. The van der Waals surface area contributed by atoms with Crippen LogP contribution in [-0.2, 0) is 4.79 Å². The number of piperidine rings is 1. The SMILES string of the molecule is CC1CCCC(CN)N1C(=O)C1C2CC3CC(C2)CC1C3. The van der Waals surface area contributed by atoms with Crippen molar-refractivity contribution in [3.05, 3.63) is 0 Å². The van der Waals surface area contributed by atoms with Gasteiger partial charge in [0.1, 0.15) is 0 Å². The van der Waals surface area contributed by atoms with Crippen LogP contribution >= 0.6 is 0 Å². The van der Waals surface area contributed by atoms with E-state index in [1.165, 1.54) is 38.5 Å². The number of nitrogens with two attached hydrogens (primary N) is 1. The third kappa shape index (κ3) is 2.23. The van der Waals surface area contributed by atoms with Gasteiger partial charge in [-0.1, -0.05) is 0 Å². The molecule has 0 aromatic rings. The van der Waals surface area contributed by atoms with E-state index < -0.39 is 0 Å². The number of rotatable bonds is 2. The topological polar surface area (TPSA) is 46.3 Å². The normalized spacial score (nSPS) is 48.7. The molecule has 5 fully saturated rings. The number of hydrogen-bond donors (Lipinski definition) is 1. The summed E-state index contributed by atoms with van der Waals surface area (Å²) < 4.78 is 0. The minimum Gasteiger partial charge on any atom is -0.335 e. The molecule has 3 nitrogen and oxygen atoms in total. The van der Waals surface area contributed by atoms with E-state index in [-0.39, 0.29) is 0 Å². The summed E-state index contributed by atoms with van der Waals surface area (Å²) in [5.74, 6) is 4.10. The Morgan fingerprint density at radius 3 is 2.24 bits per heavy atom. The molecule has 0 aromatic carbocycles. The maximum atomic E-state index is 13.3. The highest BCUT2D eigenvalue weighted by Gasteiger charge is 2.52. The van der Waals surface area contributed by atoms with Crippen LogP contribution in [0.2, 0.25) is 0 Å². The number of carbonyl (C=O) groups is 1. The summed E-state index contributed by atoms with van der Waals surface area (Å²) in [5, 5.41) is 0. The van der Waals surface area contributed by atoms with E-state index >= 15 is 0 Å². The molecule has 3 heteroatoms. The molecule has 5 rings (SSSR count). The smallest absolute Gasteiger partial charge is 0.226 e. The van der Waals surface area contributed by atoms with Gasteiger partial charge in [0.2, 0.25) is 5.91 Å². The molecule has 2 unspecified atom stereocenters. The van der Waals surface area contributed by atoms with Gasteiger partial charge in [-0.15, -0.1) is 0 Å². The highest BCUT2D eigenvalue weighted by atomic mass is 16.2. The van der Waals surface area contributed by atoms with Crippen molar-refractivity contribution in [2.45, 2.75) is 70.4 Å². The van der Waals surface area contributed by atoms with Gasteiger partial charge in [-0.25, -0.2) is 0 Å². The molecule has 0 aromatic heterocycles. The van der Waals surface area contributed by atoms with Gasteiger partial charge in [-0.05, 0) is 82.0 Å². The Morgan fingerprint density at radius 2 is 1.67 bits per heavy atom. The molecule has 1 saturated heterocycles. The average Bonchev–Trinajstić information content (AvgIpc) is 2.45. The summed E-state index contributed by atoms with van der Waals surface area (Å²) in [6.45, 7) is 2.87. The van der Waals surface area contributed by atoms with Gasteiger partial charge in [-0.3, -0.25) is 4.79 Å². The van der Waals surface area contributed by atoms with Gasteiger partial charge in [0.15, 0.2) is 0 Å². The number of hydrogen-bond acceptors (Lipinski definition) is 2. The lowest BCUT2D eigenvalue weighted by atomic mass is 9.51. The largest absolute Gasteiger partial charge is 0.335 e. The van der Waals surface area contributed by atoms with Gasteiger partial charge in [0.05, 0.1) is 0 Å². The van der Waals surface area contributed by atoms with Gasteiger partial charge in [0.25, 0.3) is 0 Å². The standard InChI is InChI=1S/C18H30N2O/c1-11-3-2-4-16(10-19)20(11)18(21)17-14-6-12-5-13(8-14)9-15(17)7-12/h11-17H,2-10,19H2,1H3. The van der Waals surface area contributed by atoms with Crippen molar-refractivity contribution in [1.29, 1.82) is 0 Å². The van der Waals surface area contributed by atoms with E-state index in [9.17, 15) is 4.79 Å². The zero-order valence-corrected chi connectivity index (χ0v) is 13.3. The van der Waals surface area contributed by atoms with E-state index in [0.717, 1.165) is 24.7 Å². The van der Waals surface area contributed by atoms with Crippen LogP contribution in [0, 0.1) is 29.6 Å². The Morgan fingerprint density at radius 1 is 1.05 bits per heavy atom. The first-order chi connectivity index (χ1) is 10.2. The van der Waals surface area contributed by atoms with Crippen LogP contribution in [0.3, 0.4) is 0 Å². The van der Waals surface area contributed by atoms with Crippen LogP contribution in [0.1, 0.15) is 58.3 Å². The van der Waals surface area contributed by atoms with E-state index in [4.69, 9.17) is 5.73 Å². The van der Waals surface area contributed by atoms with Gasteiger partial charge < -0.3 is 10.6 Å². The summed E-state index contributed by atoms with van der Waals surface area (Å²) in [5.41, 5.74) is 5.97. The summed E-state index contributed by atoms with van der Waals surface area (Å²) in [6, 6.07) is 0.704. The number of amides is 1. The number of carbonyl (C=O) groups excluding carboxylic acids is 1. The van der Waals surface area contributed by atoms with Crippen LogP contribution < -0.4 is 5.73 Å². The van der Waals surface area contributed by atoms with Crippen molar-refractivity contribution in [2.75, 3.05) is 6.54 Å². The monoisotopic (exact) mass is 290 g/mol. The molecule has 118 valence electrons. The van der Waals surface area contributed by atoms with Crippen LogP contribution in [0.25, 0.3) is 0 Å². The van der Waals surface area contributed by atoms with Crippen molar-refractivity contribution < 1.29 is 4.79 Å². The zero-order chi connectivity index (χ0) is 14.6. The summed E-state index contributed by atoms with van der Waals surface area (Å²) >= 11 is 0. The number of nitrogens with zero attached hydrogens (tertiary/aromatic N) is 1. The Labute approximate surface area is 128 Å². The van der Waals surface area contributed by atoms with Crippen molar-refractivity contribution >= 4 is 5.91 Å². The predicted molar refractivity (Wildman–Crippen MR) is 83.5 cm³/mol. The fraction of sp³-hybridized carbons (Fsp3) is 0.944. The van der Waals surface area contributed by atoms with Gasteiger partial charge in [-0.2, -0.15) is 0 Å². The average molecular weight is 290 g/mol. The molecule has 4 saturated carbocycles. The number of likely N-dealkylation sites (tertiary alicyclic amines) is 1. The van der Waals surface area contributed by atoms with Gasteiger partial charge >= 0.3 is 0 Å². The molecule has 1 heterocycles. The van der Waals surface area contributed by atoms with E-state index in [1.54, 1.807) is 0 Å². The molecule has 1 aliphatic heterocycles. The van der Waals surface area contributed by atoms with Crippen LogP contribution in [-0.4, -0.2) is 29.4 Å². The molecule has 4 bridgehead atoms. The minimum atomic E-state index is 0.304. The first-order valence-corrected chi connectivity index (χ1v) is 9.19. The van der Waals surface area contributed by atoms with Crippen molar-refractivity contribution in [3.63, 3.8) is 0 Å². The third-order valence-corrected chi connectivity index (χ3v) is 7.07. The Hall–Kier alpha value is -0.570. The maximum Gasteiger partial charge on any atom is 0.226 e. The molecule has 0 radical (unpaired) electrons. The second-order valence-electron chi connectivity index (χ2n) is 8.37. The molecule has 2 N–H and O–H groups in total. The molecule has 2 atom stereocenters. The minimum absolute atomic E-state index is 0.304. The van der Waals surface area contributed by atoms with Crippen molar-refractivity contribution in [1.82, 2.24) is 4.90 Å². The fourth-order valence-electron chi connectivity index (χ4n) is 6.42. The second-order valence-corrected chi connectivity index (χ2v) is 8.37. The molecular weight excluding hydrogens is 260 g/mol. The Balaban J connectivity index is 1.56. The molecule has 5 aliphatic rings. The molecular formula is C18H30N2O. The fourth-order valence-corrected chi connectivity index (χ4v) is 6.42. The van der Waals surface area contributed by atoms with Crippen LogP contribution in [0.5, 0.6) is 0 Å². The van der Waals surface area contributed by atoms with Crippen LogP contribution in [0.15, 0.2) is 0 Å². The second kappa shape index (κ2) is 5.26. The van der Waals surface area contributed by atoms with Crippen molar-refractivity contribution in [2.24, 2.45) is 35.3 Å². The summed E-state index contributed by atoms with van der Waals surface area (Å²) in [6.07, 6.45) is 10.3. The predicted octanol–water partition coefficient (Wildman–Crippen LogP) is 2.79. The van der Waals surface area contributed by atoms with E-state index in [2.05, 4.69) is 11.8 Å². The van der Waals surface area contributed by atoms with E-state index in [0.29, 0.717) is 42.3 Å². The lowest BCUT2D eigenvalue weighted by Gasteiger charge is -2.55. The van der Waals surface area contributed by atoms with E-state index in [1.807, 2.05) is 0 Å². The molecule has 0 spiro atoms. The summed E-state index contributed by atoms with van der Waals surface area (Å²) in [7, 11) is 0. The first kappa shape index (κ1) is 14.0. The van der Waals surface area contributed by atoms with Gasteiger partial charge in [0, 0.05) is 24.5 Å². The molecule has 1 amide bonds. The lowest BCUT2D eigenvalue weighted by molar-refractivity contribution is -0.155. The lowest BCUT2D eigenvalue weighted by Crippen LogP contribution is -2.58. The first-order valence-electron chi connectivity index (χ1n) is 9.19. The Kier molecular flexibility index (Phi) is 3.52. The quantitative estimate of drug-likeness (QED) is 0.850. The highest BCUT2D eigenvalue weighted by Crippen LogP contribution is 2.57. The maximum absolute atomic E-state index is 13.3. The highest BCUT2D eigenvalue weighted by molar-refractivity contribution is 5.80. The molecule has 4 aliphatic carbocycles. The van der Waals surface area contributed by atoms with Crippen molar-refractivity contribution in [3.8, 4) is 0 Å². The Bertz CT molecular complexity index is 393. The third-order valence-electron chi connectivity index (χ3n) is 7.07. The zero-order valence-electron chi connectivity index (χ0n) is 13.3.